The van der Waals surface area contributed by atoms with Crippen LogP contribution in [0.3, 0.4) is 0 Å². The predicted octanol–water partition coefficient (Wildman–Crippen LogP) is 4.00. The normalized spacial score (nSPS) is 19.1. The summed E-state index contributed by atoms with van der Waals surface area (Å²) in [5.74, 6) is 3.80. The topological polar surface area (TPSA) is 65.7 Å². The summed E-state index contributed by atoms with van der Waals surface area (Å²) < 4.78 is 5.46. The highest BCUT2D eigenvalue weighted by Gasteiger charge is 2.21. The Balaban J connectivity index is 1.29. The molecule has 0 bridgehead atoms. The summed E-state index contributed by atoms with van der Waals surface area (Å²) in [6.45, 7) is 3.81. The van der Waals surface area contributed by atoms with Gasteiger partial charge in [-0.05, 0) is 55.9 Å². The van der Waals surface area contributed by atoms with E-state index in [0.29, 0.717) is 6.04 Å². The molecular formula is C24H35N5O. The average molecular weight is 410 g/mol. The lowest BCUT2D eigenvalue weighted by Gasteiger charge is -2.34. The number of pyridine rings is 1. The molecule has 1 aliphatic carbocycles. The van der Waals surface area contributed by atoms with Crippen molar-refractivity contribution in [2.45, 2.75) is 57.4 Å². The monoisotopic (exact) mass is 409 g/mol. The molecule has 3 heterocycles. The van der Waals surface area contributed by atoms with E-state index >= 15 is 0 Å². The van der Waals surface area contributed by atoms with Crippen LogP contribution in [0.15, 0.2) is 52.2 Å². The van der Waals surface area contributed by atoms with Crippen molar-refractivity contribution in [1.29, 1.82) is 0 Å². The van der Waals surface area contributed by atoms with Crippen LogP contribution in [-0.4, -0.2) is 43.2 Å². The standard InChI is InChI=1S/C24H35N5O/c1-2-7-20(8-3-1)19-27-24(26-15-11-22-9-6-18-30-22)28-21-12-16-29(17-13-21)23-10-4-5-14-25-23/h4-6,9-10,14,18,20-21H,1-3,7-8,11-13,15-17,19H2,(H2,26,27,28). The maximum Gasteiger partial charge on any atom is 0.191 e. The molecule has 30 heavy (non-hydrogen) atoms. The molecule has 0 atom stereocenters. The lowest BCUT2D eigenvalue weighted by Crippen LogP contribution is -2.49. The van der Waals surface area contributed by atoms with Crippen molar-refractivity contribution in [2.24, 2.45) is 10.9 Å². The average Bonchev–Trinajstić information content (AvgIpc) is 3.33. The summed E-state index contributed by atoms with van der Waals surface area (Å²) >= 11 is 0. The fraction of sp³-hybridized carbons (Fsp3) is 0.583. The van der Waals surface area contributed by atoms with Gasteiger partial charge in [-0.3, -0.25) is 4.99 Å². The molecule has 2 N–H and O–H groups in total. The fourth-order valence-electron chi connectivity index (χ4n) is 4.49. The van der Waals surface area contributed by atoms with Crippen LogP contribution in [0.25, 0.3) is 0 Å². The summed E-state index contributed by atoms with van der Waals surface area (Å²) in [6.07, 6.45) is 13.4. The van der Waals surface area contributed by atoms with Crippen molar-refractivity contribution in [3.63, 3.8) is 0 Å². The van der Waals surface area contributed by atoms with Gasteiger partial charge in [-0.15, -0.1) is 0 Å². The molecule has 1 saturated carbocycles. The molecule has 6 nitrogen and oxygen atoms in total. The molecular weight excluding hydrogens is 374 g/mol. The molecule has 2 aliphatic rings. The van der Waals surface area contributed by atoms with Crippen molar-refractivity contribution in [1.82, 2.24) is 15.6 Å². The summed E-state index contributed by atoms with van der Waals surface area (Å²) in [5, 5.41) is 7.25. The largest absolute Gasteiger partial charge is 0.469 e. The molecule has 0 spiro atoms. The Morgan fingerprint density at radius 3 is 2.67 bits per heavy atom. The fourth-order valence-corrected chi connectivity index (χ4v) is 4.49. The van der Waals surface area contributed by atoms with Crippen molar-refractivity contribution < 1.29 is 4.42 Å². The molecule has 0 amide bonds. The first-order valence-corrected chi connectivity index (χ1v) is 11.6. The number of hydrogen-bond acceptors (Lipinski definition) is 4. The van der Waals surface area contributed by atoms with E-state index in [1.54, 1.807) is 6.26 Å². The number of furan rings is 1. The number of nitrogens with one attached hydrogen (secondary N) is 2. The van der Waals surface area contributed by atoms with Crippen LogP contribution in [0.2, 0.25) is 0 Å². The van der Waals surface area contributed by atoms with Gasteiger partial charge in [-0.25, -0.2) is 4.98 Å². The van der Waals surface area contributed by atoms with Crippen LogP contribution in [0.1, 0.15) is 50.7 Å². The van der Waals surface area contributed by atoms with Gasteiger partial charge in [-0.2, -0.15) is 0 Å². The summed E-state index contributed by atoms with van der Waals surface area (Å²) in [7, 11) is 0. The van der Waals surface area contributed by atoms with Crippen LogP contribution in [0.4, 0.5) is 5.82 Å². The van der Waals surface area contributed by atoms with Crippen LogP contribution in [0.5, 0.6) is 0 Å². The first-order valence-electron chi connectivity index (χ1n) is 11.6. The van der Waals surface area contributed by atoms with Crippen LogP contribution in [-0.2, 0) is 6.42 Å². The summed E-state index contributed by atoms with van der Waals surface area (Å²) in [6, 6.07) is 10.6. The highest BCUT2D eigenvalue weighted by molar-refractivity contribution is 5.80. The third kappa shape index (κ3) is 6.25. The molecule has 1 aliphatic heterocycles. The lowest BCUT2D eigenvalue weighted by atomic mass is 9.89. The number of nitrogens with zero attached hydrogens (tertiary/aromatic N) is 3. The first-order chi connectivity index (χ1) is 14.9. The summed E-state index contributed by atoms with van der Waals surface area (Å²) in [4.78, 5) is 11.8. The molecule has 0 unspecified atom stereocenters. The number of rotatable bonds is 7. The molecule has 2 aromatic heterocycles. The Morgan fingerprint density at radius 2 is 1.93 bits per heavy atom. The molecule has 6 heteroatoms. The third-order valence-electron chi connectivity index (χ3n) is 6.29. The van der Waals surface area contributed by atoms with Crippen LogP contribution < -0.4 is 15.5 Å². The lowest BCUT2D eigenvalue weighted by molar-refractivity contribution is 0.365. The van der Waals surface area contributed by atoms with E-state index in [4.69, 9.17) is 9.41 Å². The Morgan fingerprint density at radius 1 is 1.07 bits per heavy atom. The predicted molar refractivity (Wildman–Crippen MR) is 122 cm³/mol. The van der Waals surface area contributed by atoms with Gasteiger partial charge in [0.25, 0.3) is 0 Å². The quantitative estimate of drug-likeness (QED) is 0.534. The number of guanidine groups is 1. The van der Waals surface area contributed by atoms with Crippen LogP contribution >= 0.6 is 0 Å². The van der Waals surface area contributed by atoms with Gasteiger partial charge in [0, 0.05) is 44.8 Å². The molecule has 0 radical (unpaired) electrons. The van der Waals surface area contributed by atoms with E-state index in [2.05, 4.69) is 32.7 Å². The van der Waals surface area contributed by atoms with Gasteiger partial charge < -0.3 is 20.0 Å². The Labute approximate surface area is 180 Å². The van der Waals surface area contributed by atoms with Crippen LogP contribution in [0, 0.1) is 5.92 Å². The van der Waals surface area contributed by atoms with Gasteiger partial charge in [0.05, 0.1) is 6.26 Å². The highest BCUT2D eigenvalue weighted by atomic mass is 16.3. The second-order valence-electron chi connectivity index (χ2n) is 8.54. The third-order valence-corrected chi connectivity index (χ3v) is 6.29. The molecule has 1 saturated heterocycles. The smallest absolute Gasteiger partial charge is 0.191 e. The first kappa shape index (κ1) is 20.8. The van der Waals surface area contributed by atoms with Crippen molar-refractivity contribution >= 4 is 11.8 Å². The Bertz CT molecular complexity index is 747. The van der Waals surface area contributed by atoms with Gasteiger partial charge in [0.2, 0.25) is 0 Å². The zero-order chi connectivity index (χ0) is 20.4. The number of hydrogen-bond donors (Lipinski definition) is 2. The number of piperidine rings is 1. The maximum absolute atomic E-state index is 5.46. The van der Waals surface area contributed by atoms with Gasteiger partial charge in [0.1, 0.15) is 11.6 Å². The van der Waals surface area contributed by atoms with Crippen molar-refractivity contribution in [3.8, 4) is 0 Å². The van der Waals surface area contributed by atoms with Gasteiger partial charge in [-0.1, -0.05) is 25.3 Å². The molecule has 2 aromatic rings. The van der Waals surface area contributed by atoms with E-state index < -0.39 is 0 Å². The Kier molecular flexibility index (Phi) is 7.64. The van der Waals surface area contributed by atoms with E-state index in [1.165, 1.54) is 32.1 Å². The second kappa shape index (κ2) is 11.0. The number of anilines is 1. The van der Waals surface area contributed by atoms with Crippen molar-refractivity contribution in [2.75, 3.05) is 31.1 Å². The second-order valence-corrected chi connectivity index (χ2v) is 8.54. The van der Waals surface area contributed by atoms with Gasteiger partial charge in [0.15, 0.2) is 5.96 Å². The number of aliphatic imine (C=N–C) groups is 1. The SMILES string of the molecule is c1ccc(N2CCC(NC(=NCC3CCCCC3)NCCc3ccco3)CC2)nc1. The number of aromatic nitrogens is 1. The molecule has 2 fully saturated rings. The zero-order valence-corrected chi connectivity index (χ0v) is 17.9. The molecule has 4 rings (SSSR count). The van der Waals surface area contributed by atoms with E-state index in [0.717, 1.165) is 68.9 Å². The minimum absolute atomic E-state index is 0.450. The minimum atomic E-state index is 0.450. The van der Waals surface area contributed by atoms with E-state index in [1.807, 2.05) is 24.4 Å². The highest BCUT2D eigenvalue weighted by Crippen LogP contribution is 2.23. The molecule has 0 aromatic carbocycles. The van der Waals surface area contributed by atoms with Crippen molar-refractivity contribution in [3.05, 3.63) is 48.6 Å². The summed E-state index contributed by atoms with van der Waals surface area (Å²) in [5.41, 5.74) is 0. The Hall–Kier alpha value is -2.50. The van der Waals surface area contributed by atoms with E-state index in [9.17, 15) is 0 Å². The zero-order valence-electron chi connectivity index (χ0n) is 17.9. The van der Waals surface area contributed by atoms with E-state index in [-0.39, 0.29) is 0 Å². The van der Waals surface area contributed by atoms with Gasteiger partial charge >= 0.3 is 0 Å². The minimum Gasteiger partial charge on any atom is -0.469 e. The molecule has 162 valence electrons. The maximum atomic E-state index is 5.46.